The normalized spacial score (nSPS) is 12.1. The summed E-state index contributed by atoms with van der Waals surface area (Å²) < 4.78 is 40.3. The second kappa shape index (κ2) is 12.6. The lowest BCUT2D eigenvalue weighted by Gasteiger charge is -2.06. The highest BCUT2D eigenvalue weighted by atomic mass is 32.2. The van der Waals surface area contributed by atoms with E-state index in [1.165, 1.54) is 11.3 Å². The fraction of sp³-hybridized carbons (Fsp3) is 0.364. The van der Waals surface area contributed by atoms with Crippen LogP contribution in [0.1, 0.15) is 0 Å². The fourth-order valence-corrected chi connectivity index (χ4v) is 4.53. The van der Waals surface area contributed by atoms with E-state index in [4.69, 9.17) is 14.2 Å². The third-order valence-electron chi connectivity index (χ3n) is 4.34. The molecule has 1 atom stereocenters. The highest BCUT2D eigenvalue weighted by molar-refractivity contribution is 7.85. The first kappa shape index (κ1) is 24.2. The average Bonchev–Trinajstić information content (AvgIpc) is 3.22. The number of anilines is 1. The van der Waals surface area contributed by atoms with E-state index in [9.17, 15) is 13.4 Å². The van der Waals surface area contributed by atoms with E-state index >= 15 is 0 Å². The summed E-state index contributed by atoms with van der Waals surface area (Å²) in [6, 6.07) is 13.2. The maximum absolute atomic E-state index is 12.1. The lowest BCUT2D eigenvalue weighted by molar-refractivity contribution is -0.131. The first-order valence-corrected chi connectivity index (χ1v) is 12.4. The SMILES string of the molecule is CNc1ccc(-c2nc3ccc(OC(=O)CS(=O)CCOCCOCCF)cc3s2)cc1. The number of ether oxygens (including phenoxy) is 3. The van der Waals surface area contributed by atoms with Gasteiger partial charge in [-0.1, -0.05) is 0 Å². The zero-order valence-corrected chi connectivity index (χ0v) is 19.3. The molecule has 1 N–H and O–H groups in total. The Morgan fingerprint density at radius 2 is 1.84 bits per heavy atom. The van der Waals surface area contributed by atoms with E-state index in [1.807, 2.05) is 31.3 Å². The number of halogens is 1. The Balaban J connectivity index is 1.48. The number of benzene rings is 2. The van der Waals surface area contributed by atoms with E-state index in [0.717, 1.165) is 26.5 Å². The van der Waals surface area contributed by atoms with Crippen LogP contribution in [0.25, 0.3) is 20.8 Å². The third-order valence-corrected chi connectivity index (χ3v) is 6.59. The van der Waals surface area contributed by atoms with Crippen LogP contribution in [0, 0.1) is 0 Å². The summed E-state index contributed by atoms with van der Waals surface area (Å²) in [5.74, 6) is -0.185. The van der Waals surface area contributed by atoms with Crippen LogP contribution in [0.4, 0.5) is 10.1 Å². The van der Waals surface area contributed by atoms with Gasteiger partial charge < -0.3 is 19.5 Å². The lowest BCUT2D eigenvalue weighted by atomic mass is 10.2. The van der Waals surface area contributed by atoms with Gasteiger partial charge in [0.05, 0.1) is 36.6 Å². The molecule has 3 aromatic rings. The van der Waals surface area contributed by atoms with Crippen LogP contribution in [0.15, 0.2) is 42.5 Å². The number of carbonyl (C=O) groups is 1. The molecule has 1 unspecified atom stereocenters. The number of nitrogens with zero attached hydrogens (tertiary/aromatic N) is 1. The molecule has 0 spiro atoms. The van der Waals surface area contributed by atoms with Gasteiger partial charge in [0.15, 0.2) is 0 Å². The van der Waals surface area contributed by atoms with E-state index < -0.39 is 23.4 Å². The molecule has 0 fully saturated rings. The second-order valence-corrected chi connectivity index (χ2v) is 9.26. The number of carbonyl (C=O) groups excluding carboxylic acids is 1. The van der Waals surface area contributed by atoms with Gasteiger partial charge in [-0.2, -0.15) is 0 Å². The van der Waals surface area contributed by atoms with Gasteiger partial charge in [0.2, 0.25) is 0 Å². The van der Waals surface area contributed by atoms with Gasteiger partial charge in [-0.05, 0) is 36.4 Å². The molecule has 3 rings (SSSR count). The predicted octanol–water partition coefficient (Wildman–Crippen LogP) is 3.66. The summed E-state index contributed by atoms with van der Waals surface area (Å²) in [6.07, 6.45) is 0. The number of thiazole rings is 1. The highest BCUT2D eigenvalue weighted by Crippen LogP contribution is 2.32. The smallest absolute Gasteiger partial charge is 0.323 e. The molecular weight excluding hydrogens is 455 g/mol. The number of hydrogen-bond acceptors (Lipinski definition) is 8. The van der Waals surface area contributed by atoms with Crippen molar-refractivity contribution < 1.29 is 27.6 Å². The Morgan fingerprint density at radius 3 is 2.56 bits per heavy atom. The zero-order chi connectivity index (χ0) is 22.8. The molecule has 0 bridgehead atoms. The summed E-state index contributed by atoms with van der Waals surface area (Å²) in [6.45, 7) is 0.303. The van der Waals surface area contributed by atoms with Gasteiger partial charge in [-0.3, -0.25) is 9.00 Å². The number of rotatable bonds is 13. The van der Waals surface area contributed by atoms with Gasteiger partial charge in [0, 0.05) is 40.9 Å². The van der Waals surface area contributed by atoms with Crippen molar-refractivity contribution in [2.45, 2.75) is 0 Å². The van der Waals surface area contributed by atoms with Gasteiger partial charge in [-0.25, -0.2) is 9.37 Å². The van der Waals surface area contributed by atoms with E-state index in [1.54, 1.807) is 18.2 Å². The third kappa shape index (κ3) is 7.33. The van der Waals surface area contributed by atoms with Crippen molar-refractivity contribution in [1.29, 1.82) is 0 Å². The lowest BCUT2D eigenvalue weighted by Crippen LogP contribution is -2.20. The highest BCUT2D eigenvalue weighted by Gasteiger charge is 2.13. The van der Waals surface area contributed by atoms with Gasteiger partial charge in [0.1, 0.15) is 23.2 Å². The monoisotopic (exact) mass is 480 g/mol. The topological polar surface area (TPSA) is 86.8 Å². The van der Waals surface area contributed by atoms with Crippen LogP contribution < -0.4 is 10.1 Å². The molecule has 2 aromatic carbocycles. The molecule has 7 nitrogen and oxygen atoms in total. The number of aromatic nitrogens is 1. The Kier molecular flexibility index (Phi) is 9.54. The minimum atomic E-state index is -1.40. The second-order valence-electron chi connectivity index (χ2n) is 6.65. The van der Waals surface area contributed by atoms with Crippen molar-refractivity contribution in [2.75, 3.05) is 57.0 Å². The van der Waals surface area contributed by atoms with Crippen LogP contribution in [-0.2, 0) is 25.1 Å². The van der Waals surface area contributed by atoms with E-state index in [-0.39, 0.29) is 37.9 Å². The molecule has 1 heterocycles. The molecule has 0 aliphatic carbocycles. The molecule has 0 aliphatic rings. The number of nitrogens with one attached hydrogen (secondary N) is 1. The van der Waals surface area contributed by atoms with Gasteiger partial charge in [0.25, 0.3) is 0 Å². The molecule has 172 valence electrons. The van der Waals surface area contributed by atoms with Crippen molar-refractivity contribution in [2.24, 2.45) is 0 Å². The Bertz CT molecular complexity index is 1040. The van der Waals surface area contributed by atoms with Crippen LogP contribution in [-0.4, -0.2) is 66.8 Å². The maximum atomic E-state index is 12.1. The van der Waals surface area contributed by atoms with Crippen LogP contribution in [0.3, 0.4) is 0 Å². The quantitative estimate of drug-likeness (QED) is 0.227. The zero-order valence-electron chi connectivity index (χ0n) is 17.7. The van der Waals surface area contributed by atoms with E-state index in [2.05, 4.69) is 10.3 Å². The summed E-state index contributed by atoms with van der Waals surface area (Å²) in [5.41, 5.74) is 2.85. The number of fused-ring (bicyclic) bond motifs is 1. The minimum Gasteiger partial charge on any atom is -0.426 e. The predicted molar refractivity (Wildman–Crippen MR) is 126 cm³/mol. The molecule has 0 saturated carbocycles. The van der Waals surface area contributed by atoms with Crippen molar-refractivity contribution in [1.82, 2.24) is 4.98 Å². The molecule has 0 aliphatic heterocycles. The van der Waals surface area contributed by atoms with Crippen molar-refractivity contribution >= 4 is 44.0 Å². The Morgan fingerprint density at radius 1 is 1.09 bits per heavy atom. The van der Waals surface area contributed by atoms with Gasteiger partial charge >= 0.3 is 5.97 Å². The number of alkyl halides is 1. The molecule has 10 heteroatoms. The van der Waals surface area contributed by atoms with Crippen molar-refractivity contribution in [3.63, 3.8) is 0 Å². The Hall–Kier alpha value is -2.40. The first-order chi connectivity index (χ1) is 15.6. The average molecular weight is 481 g/mol. The molecule has 32 heavy (non-hydrogen) atoms. The molecule has 0 radical (unpaired) electrons. The largest absolute Gasteiger partial charge is 0.426 e. The molecule has 0 amide bonds. The Labute approximate surface area is 192 Å². The summed E-state index contributed by atoms with van der Waals surface area (Å²) >= 11 is 1.51. The maximum Gasteiger partial charge on any atom is 0.323 e. The van der Waals surface area contributed by atoms with Crippen molar-refractivity contribution in [3.8, 4) is 16.3 Å². The number of esters is 1. The standard InChI is InChI=1S/C22H25FN2O5S2/c1-24-17-4-2-16(3-5-17)22-25-19-7-6-18(14-20(19)31-22)30-21(26)15-32(27)13-12-29-11-10-28-9-8-23/h2-7,14,24H,8-13,15H2,1H3. The molecule has 0 saturated heterocycles. The number of hydrogen-bond donors (Lipinski definition) is 1. The summed E-state index contributed by atoms with van der Waals surface area (Å²) in [5, 5.41) is 3.96. The molecule has 1 aromatic heterocycles. The minimum absolute atomic E-state index is 0.0412. The van der Waals surface area contributed by atoms with E-state index in [0.29, 0.717) is 5.75 Å². The summed E-state index contributed by atoms with van der Waals surface area (Å²) in [7, 11) is 0.470. The molecular formula is C22H25FN2O5S2. The fourth-order valence-electron chi connectivity index (χ4n) is 2.76. The first-order valence-electron chi connectivity index (χ1n) is 10.0. The van der Waals surface area contributed by atoms with Crippen molar-refractivity contribution in [3.05, 3.63) is 42.5 Å². The van der Waals surface area contributed by atoms with Crippen LogP contribution in [0.5, 0.6) is 5.75 Å². The summed E-state index contributed by atoms with van der Waals surface area (Å²) in [4.78, 5) is 16.8. The van der Waals surface area contributed by atoms with Gasteiger partial charge in [-0.15, -0.1) is 11.3 Å². The van der Waals surface area contributed by atoms with Crippen LogP contribution >= 0.6 is 11.3 Å². The van der Waals surface area contributed by atoms with Crippen LogP contribution in [0.2, 0.25) is 0 Å².